The van der Waals surface area contributed by atoms with Crippen molar-refractivity contribution in [3.63, 3.8) is 0 Å². The molecule has 0 radical (unpaired) electrons. The van der Waals surface area contributed by atoms with Gasteiger partial charge in [0, 0.05) is 24.6 Å². The molecule has 0 atom stereocenters. The molecule has 0 bridgehead atoms. The Hall–Kier alpha value is -2.73. The minimum atomic E-state index is -0.194. The van der Waals surface area contributed by atoms with E-state index in [-0.39, 0.29) is 12.5 Å². The molecule has 106 valence electrons. The fourth-order valence-corrected chi connectivity index (χ4v) is 2.10. The summed E-state index contributed by atoms with van der Waals surface area (Å²) >= 11 is 0. The van der Waals surface area contributed by atoms with Crippen molar-refractivity contribution in [3.05, 3.63) is 48.7 Å². The zero-order valence-electron chi connectivity index (χ0n) is 11.5. The molecule has 21 heavy (non-hydrogen) atoms. The first-order chi connectivity index (χ1) is 10.3. The number of aromatic nitrogens is 3. The van der Waals surface area contributed by atoms with E-state index in [1.54, 1.807) is 0 Å². The van der Waals surface area contributed by atoms with Crippen LogP contribution in [0.4, 0.5) is 5.69 Å². The smallest absolute Gasteiger partial charge is 0.250 e. The highest BCUT2D eigenvalue weighted by atomic mass is 16.5. The second kappa shape index (κ2) is 5.72. The molecule has 0 unspecified atom stereocenters. The summed E-state index contributed by atoms with van der Waals surface area (Å²) in [6, 6.07) is 13.2. The van der Waals surface area contributed by atoms with E-state index >= 15 is 0 Å². The Morgan fingerprint density at radius 1 is 1.24 bits per heavy atom. The van der Waals surface area contributed by atoms with Crippen molar-refractivity contribution in [2.75, 3.05) is 19.0 Å². The van der Waals surface area contributed by atoms with Crippen LogP contribution in [0.15, 0.2) is 48.7 Å². The van der Waals surface area contributed by atoms with Gasteiger partial charge in [0.15, 0.2) is 11.5 Å². The van der Waals surface area contributed by atoms with Gasteiger partial charge in [0.2, 0.25) is 5.91 Å². The van der Waals surface area contributed by atoms with Crippen LogP contribution in [-0.4, -0.2) is 34.2 Å². The van der Waals surface area contributed by atoms with Gasteiger partial charge >= 0.3 is 0 Å². The number of amides is 1. The van der Waals surface area contributed by atoms with Gasteiger partial charge in [-0.2, -0.15) is 0 Å². The van der Waals surface area contributed by atoms with Gasteiger partial charge in [0.25, 0.3) is 0 Å². The quantitative estimate of drug-likeness (QED) is 0.794. The molecule has 1 amide bonds. The summed E-state index contributed by atoms with van der Waals surface area (Å²) < 4.78 is 6.70. The summed E-state index contributed by atoms with van der Waals surface area (Å²) in [4.78, 5) is 11.6. The van der Waals surface area contributed by atoms with Gasteiger partial charge in [-0.1, -0.05) is 18.2 Å². The number of fused-ring (bicyclic) bond motifs is 1. The first-order valence-corrected chi connectivity index (χ1v) is 6.47. The topological polar surface area (TPSA) is 68.5 Å². The Labute approximate surface area is 121 Å². The molecule has 3 aromatic rings. The number of nitrogens with zero attached hydrogens (tertiary/aromatic N) is 3. The van der Waals surface area contributed by atoms with Crippen LogP contribution in [0, 0.1) is 0 Å². The van der Waals surface area contributed by atoms with Gasteiger partial charge in [-0.25, -0.2) is 0 Å². The Morgan fingerprint density at radius 3 is 3.00 bits per heavy atom. The van der Waals surface area contributed by atoms with E-state index in [9.17, 15) is 4.79 Å². The molecule has 0 aliphatic carbocycles. The Kier molecular flexibility index (Phi) is 3.61. The van der Waals surface area contributed by atoms with Gasteiger partial charge in [0.1, 0.15) is 6.61 Å². The second-order valence-corrected chi connectivity index (χ2v) is 4.51. The van der Waals surface area contributed by atoms with E-state index < -0.39 is 0 Å². The van der Waals surface area contributed by atoms with E-state index in [1.165, 1.54) is 7.11 Å². The largest absolute Gasteiger partial charge is 0.375 e. The van der Waals surface area contributed by atoms with Gasteiger partial charge in [-0.3, -0.25) is 9.20 Å². The maximum atomic E-state index is 11.6. The van der Waals surface area contributed by atoms with E-state index in [0.717, 1.165) is 17.0 Å². The molecule has 2 heterocycles. The van der Waals surface area contributed by atoms with Crippen molar-refractivity contribution in [3.8, 4) is 11.4 Å². The predicted octanol–water partition coefficient (Wildman–Crippen LogP) is 1.98. The van der Waals surface area contributed by atoms with Crippen molar-refractivity contribution in [1.82, 2.24) is 14.6 Å². The summed E-state index contributed by atoms with van der Waals surface area (Å²) in [5.74, 6) is 0.536. The SMILES string of the molecule is COCC(=O)Nc1cccc(-c2nnc3ccccn23)c1. The average Bonchev–Trinajstić information content (AvgIpc) is 2.91. The number of hydrogen-bond donors (Lipinski definition) is 1. The summed E-state index contributed by atoms with van der Waals surface area (Å²) in [5, 5.41) is 11.1. The van der Waals surface area contributed by atoms with E-state index in [4.69, 9.17) is 4.74 Å². The highest BCUT2D eigenvalue weighted by Gasteiger charge is 2.08. The monoisotopic (exact) mass is 282 g/mol. The molecule has 6 nitrogen and oxygen atoms in total. The van der Waals surface area contributed by atoms with E-state index in [2.05, 4.69) is 15.5 Å². The maximum Gasteiger partial charge on any atom is 0.250 e. The van der Waals surface area contributed by atoms with Crippen LogP contribution in [0.2, 0.25) is 0 Å². The number of benzene rings is 1. The molecule has 3 rings (SSSR count). The highest BCUT2D eigenvalue weighted by molar-refractivity contribution is 5.92. The lowest BCUT2D eigenvalue weighted by atomic mass is 10.2. The minimum Gasteiger partial charge on any atom is -0.375 e. The number of ether oxygens (including phenoxy) is 1. The fourth-order valence-electron chi connectivity index (χ4n) is 2.10. The van der Waals surface area contributed by atoms with Crippen molar-refractivity contribution >= 4 is 17.2 Å². The third kappa shape index (κ3) is 2.75. The maximum absolute atomic E-state index is 11.6. The standard InChI is InChI=1S/C15H14N4O2/c1-21-10-14(20)16-12-6-4-5-11(9-12)15-18-17-13-7-2-3-8-19(13)15/h2-9H,10H2,1H3,(H,16,20). The lowest BCUT2D eigenvalue weighted by Gasteiger charge is -2.06. The van der Waals surface area contributed by atoms with Crippen LogP contribution in [0.1, 0.15) is 0 Å². The van der Waals surface area contributed by atoms with Crippen molar-refractivity contribution in [1.29, 1.82) is 0 Å². The highest BCUT2D eigenvalue weighted by Crippen LogP contribution is 2.21. The van der Waals surface area contributed by atoms with Crippen LogP contribution < -0.4 is 5.32 Å². The van der Waals surface area contributed by atoms with Gasteiger partial charge < -0.3 is 10.1 Å². The lowest BCUT2D eigenvalue weighted by Crippen LogP contribution is -2.17. The van der Waals surface area contributed by atoms with Crippen molar-refractivity contribution < 1.29 is 9.53 Å². The number of pyridine rings is 1. The van der Waals surface area contributed by atoms with Crippen LogP contribution in [-0.2, 0) is 9.53 Å². The first-order valence-electron chi connectivity index (χ1n) is 6.47. The molecule has 1 N–H and O–H groups in total. The zero-order chi connectivity index (χ0) is 14.7. The number of nitrogens with one attached hydrogen (secondary N) is 1. The Bertz CT molecular complexity index is 782. The third-order valence-electron chi connectivity index (χ3n) is 2.99. The molecule has 6 heteroatoms. The number of hydrogen-bond acceptors (Lipinski definition) is 4. The Morgan fingerprint density at radius 2 is 2.14 bits per heavy atom. The van der Waals surface area contributed by atoms with E-state index in [0.29, 0.717) is 5.69 Å². The molecular weight excluding hydrogens is 268 g/mol. The number of carbonyl (C=O) groups is 1. The molecule has 1 aromatic carbocycles. The predicted molar refractivity (Wildman–Crippen MR) is 78.9 cm³/mol. The first kappa shape index (κ1) is 13.3. The molecule has 0 spiro atoms. The van der Waals surface area contributed by atoms with Crippen LogP contribution in [0.3, 0.4) is 0 Å². The zero-order valence-corrected chi connectivity index (χ0v) is 11.5. The summed E-state index contributed by atoms with van der Waals surface area (Å²) in [7, 11) is 1.48. The average molecular weight is 282 g/mol. The summed E-state index contributed by atoms with van der Waals surface area (Å²) in [6.45, 7) is 0.0259. The molecular formula is C15H14N4O2. The molecule has 0 fully saturated rings. The van der Waals surface area contributed by atoms with Crippen LogP contribution in [0.25, 0.3) is 17.0 Å². The van der Waals surface area contributed by atoms with Crippen LogP contribution >= 0.6 is 0 Å². The molecule has 0 saturated heterocycles. The number of rotatable bonds is 4. The minimum absolute atomic E-state index is 0.0259. The molecule has 2 aromatic heterocycles. The van der Waals surface area contributed by atoms with Gasteiger partial charge in [-0.15, -0.1) is 10.2 Å². The Balaban J connectivity index is 1.94. The lowest BCUT2D eigenvalue weighted by molar-refractivity contribution is -0.119. The van der Waals surface area contributed by atoms with Crippen molar-refractivity contribution in [2.45, 2.75) is 0 Å². The van der Waals surface area contributed by atoms with Crippen molar-refractivity contribution in [2.24, 2.45) is 0 Å². The fraction of sp³-hybridized carbons (Fsp3) is 0.133. The summed E-state index contributed by atoms with van der Waals surface area (Å²) in [6.07, 6.45) is 1.90. The normalized spacial score (nSPS) is 10.7. The number of anilines is 1. The van der Waals surface area contributed by atoms with Gasteiger partial charge in [0.05, 0.1) is 0 Å². The van der Waals surface area contributed by atoms with E-state index in [1.807, 2.05) is 53.1 Å². The third-order valence-corrected chi connectivity index (χ3v) is 2.99. The molecule has 0 aliphatic rings. The summed E-state index contributed by atoms with van der Waals surface area (Å²) in [5.41, 5.74) is 2.35. The number of carbonyl (C=O) groups excluding carboxylic acids is 1. The number of methoxy groups -OCH3 is 1. The van der Waals surface area contributed by atoms with Gasteiger partial charge in [-0.05, 0) is 24.3 Å². The second-order valence-electron chi connectivity index (χ2n) is 4.51. The molecule has 0 saturated carbocycles. The molecule has 0 aliphatic heterocycles. The van der Waals surface area contributed by atoms with Crippen LogP contribution in [0.5, 0.6) is 0 Å².